The molecule has 4 rings (SSSR count). The van der Waals surface area contributed by atoms with Gasteiger partial charge in [0, 0.05) is 49.0 Å². The fraction of sp³-hybridized carbons (Fsp3) is 0.300. The number of nitrogens with zero attached hydrogens (tertiary/aromatic N) is 5. The summed E-state index contributed by atoms with van der Waals surface area (Å²) in [4.78, 5) is 30.8. The Morgan fingerprint density at radius 2 is 1.79 bits per heavy atom. The number of piperazine rings is 1. The predicted molar refractivity (Wildman–Crippen MR) is 110 cm³/mol. The second-order valence-electron chi connectivity index (χ2n) is 6.58. The van der Waals surface area contributed by atoms with Gasteiger partial charge in [0.1, 0.15) is 5.01 Å². The van der Waals surface area contributed by atoms with E-state index >= 15 is 0 Å². The monoisotopic (exact) mass is 394 g/mol. The number of aryl methyl sites for hydroxylation is 1. The second kappa shape index (κ2) is 8.35. The average Bonchev–Trinajstić information content (AvgIpc) is 3.14. The Kier molecular flexibility index (Phi) is 5.48. The molecular weight excluding hydrogens is 372 g/mol. The van der Waals surface area contributed by atoms with Crippen LogP contribution in [0.4, 0.5) is 10.7 Å². The number of urea groups is 1. The van der Waals surface area contributed by atoms with Crippen LogP contribution in [0.5, 0.6) is 0 Å². The van der Waals surface area contributed by atoms with Gasteiger partial charge in [0.2, 0.25) is 5.95 Å². The smallest absolute Gasteiger partial charge is 0.317 e. The van der Waals surface area contributed by atoms with E-state index < -0.39 is 0 Å². The maximum Gasteiger partial charge on any atom is 0.317 e. The van der Waals surface area contributed by atoms with Crippen molar-refractivity contribution in [1.29, 1.82) is 0 Å². The molecule has 3 heterocycles. The Bertz CT molecular complexity index is 922. The first-order valence-corrected chi connectivity index (χ1v) is 10.1. The first kappa shape index (κ1) is 18.4. The highest BCUT2D eigenvalue weighted by Crippen LogP contribution is 2.27. The van der Waals surface area contributed by atoms with Crippen LogP contribution in [0.2, 0.25) is 0 Å². The van der Waals surface area contributed by atoms with E-state index in [0.717, 1.165) is 40.2 Å². The Hall–Kier alpha value is -3.00. The van der Waals surface area contributed by atoms with E-state index in [1.54, 1.807) is 29.8 Å². The molecule has 0 unspecified atom stereocenters. The maximum atomic E-state index is 12.6. The topological polar surface area (TPSA) is 74.2 Å². The van der Waals surface area contributed by atoms with Crippen LogP contribution in [-0.4, -0.2) is 52.1 Å². The molecule has 1 aliphatic rings. The average molecular weight is 395 g/mol. The molecule has 2 amide bonds. The molecule has 3 aromatic rings. The molecule has 0 spiro atoms. The number of amides is 2. The predicted octanol–water partition coefficient (Wildman–Crippen LogP) is 2.94. The Labute approximate surface area is 168 Å². The van der Waals surface area contributed by atoms with E-state index in [1.807, 2.05) is 30.0 Å². The molecule has 8 heteroatoms. The third kappa shape index (κ3) is 4.12. The van der Waals surface area contributed by atoms with Gasteiger partial charge in [-0.25, -0.2) is 19.7 Å². The summed E-state index contributed by atoms with van der Waals surface area (Å²) in [6.07, 6.45) is 3.48. The van der Waals surface area contributed by atoms with Crippen molar-refractivity contribution in [2.75, 3.05) is 31.1 Å². The summed E-state index contributed by atoms with van der Waals surface area (Å²) in [6, 6.07) is 11.9. The Morgan fingerprint density at radius 1 is 1.07 bits per heavy atom. The van der Waals surface area contributed by atoms with Crippen molar-refractivity contribution in [2.24, 2.45) is 0 Å². The zero-order chi connectivity index (χ0) is 19.3. The minimum absolute atomic E-state index is 0.0392. The minimum atomic E-state index is -0.0392. The van der Waals surface area contributed by atoms with Gasteiger partial charge < -0.3 is 15.1 Å². The van der Waals surface area contributed by atoms with Gasteiger partial charge in [-0.15, -0.1) is 11.3 Å². The molecule has 0 radical (unpaired) electrons. The summed E-state index contributed by atoms with van der Waals surface area (Å²) in [5.41, 5.74) is 2.07. The van der Waals surface area contributed by atoms with Crippen LogP contribution in [0.25, 0.3) is 10.6 Å². The van der Waals surface area contributed by atoms with E-state index in [4.69, 9.17) is 0 Å². The number of aromatic nitrogens is 3. The molecule has 1 N–H and O–H groups in total. The molecule has 28 heavy (non-hydrogen) atoms. The summed E-state index contributed by atoms with van der Waals surface area (Å²) < 4.78 is 0. The third-order valence-electron chi connectivity index (χ3n) is 4.72. The van der Waals surface area contributed by atoms with Crippen molar-refractivity contribution in [3.8, 4) is 10.6 Å². The van der Waals surface area contributed by atoms with Gasteiger partial charge in [-0.2, -0.15) is 0 Å². The number of nitrogens with one attached hydrogen (secondary N) is 1. The van der Waals surface area contributed by atoms with Gasteiger partial charge in [-0.3, -0.25) is 0 Å². The van der Waals surface area contributed by atoms with Crippen LogP contribution in [0, 0.1) is 6.92 Å². The fourth-order valence-corrected chi connectivity index (χ4v) is 4.14. The number of carbonyl (C=O) groups is 1. The number of carbonyl (C=O) groups excluding carboxylic acids is 1. The lowest BCUT2D eigenvalue weighted by molar-refractivity contribution is 0.193. The fourth-order valence-electron chi connectivity index (χ4n) is 3.13. The van der Waals surface area contributed by atoms with Gasteiger partial charge in [0.25, 0.3) is 0 Å². The van der Waals surface area contributed by atoms with E-state index in [2.05, 4.69) is 37.3 Å². The van der Waals surface area contributed by atoms with Crippen molar-refractivity contribution in [1.82, 2.24) is 25.2 Å². The molecule has 0 aliphatic carbocycles. The Balaban J connectivity index is 1.31. The zero-order valence-corrected chi connectivity index (χ0v) is 16.5. The molecule has 1 aromatic carbocycles. The van der Waals surface area contributed by atoms with Crippen molar-refractivity contribution in [3.63, 3.8) is 0 Å². The quantitative estimate of drug-likeness (QED) is 0.736. The van der Waals surface area contributed by atoms with Gasteiger partial charge in [-0.05, 0) is 13.0 Å². The van der Waals surface area contributed by atoms with Gasteiger partial charge in [-0.1, -0.05) is 30.3 Å². The molecule has 144 valence electrons. The first-order chi connectivity index (χ1) is 13.7. The van der Waals surface area contributed by atoms with Crippen LogP contribution >= 0.6 is 11.3 Å². The van der Waals surface area contributed by atoms with Crippen LogP contribution in [0.3, 0.4) is 0 Å². The van der Waals surface area contributed by atoms with Crippen molar-refractivity contribution >= 4 is 23.3 Å². The second-order valence-corrected chi connectivity index (χ2v) is 7.66. The van der Waals surface area contributed by atoms with Crippen molar-refractivity contribution in [3.05, 3.63) is 59.4 Å². The van der Waals surface area contributed by atoms with E-state index in [-0.39, 0.29) is 6.03 Å². The molecule has 0 saturated carbocycles. The zero-order valence-electron chi connectivity index (χ0n) is 15.7. The normalized spacial score (nSPS) is 14.2. The number of thiazole rings is 1. The number of hydrogen-bond acceptors (Lipinski definition) is 6. The molecule has 7 nitrogen and oxygen atoms in total. The maximum absolute atomic E-state index is 12.6. The van der Waals surface area contributed by atoms with Crippen molar-refractivity contribution < 1.29 is 4.79 Å². The summed E-state index contributed by atoms with van der Waals surface area (Å²) in [5.74, 6) is 0.719. The number of benzene rings is 1. The largest absolute Gasteiger partial charge is 0.337 e. The Morgan fingerprint density at radius 3 is 2.50 bits per heavy atom. The minimum Gasteiger partial charge on any atom is -0.337 e. The SMILES string of the molecule is Cc1nc(-c2ccccc2)sc1CNC(=O)N1CCN(c2ncccn2)CC1. The summed E-state index contributed by atoms with van der Waals surface area (Å²) in [5, 5.41) is 4.02. The number of rotatable bonds is 4. The molecule has 2 aromatic heterocycles. The highest BCUT2D eigenvalue weighted by Gasteiger charge is 2.22. The van der Waals surface area contributed by atoms with Crippen LogP contribution in [0.15, 0.2) is 48.8 Å². The van der Waals surface area contributed by atoms with Gasteiger partial charge in [0.15, 0.2) is 0 Å². The van der Waals surface area contributed by atoms with Crippen LogP contribution in [-0.2, 0) is 6.54 Å². The number of hydrogen-bond donors (Lipinski definition) is 1. The molecule has 0 bridgehead atoms. The summed E-state index contributed by atoms with van der Waals surface area (Å²) in [7, 11) is 0. The summed E-state index contributed by atoms with van der Waals surface area (Å²) >= 11 is 1.63. The van der Waals surface area contributed by atoms with Crippen LogP contribution < -0.4 is 10.2 Å². The summed E-state index contributed by atoms with van der Waals surface area (Å²) in [6.45, 7) is 5.26. The third-order valence-corrected chi connectivity index (χ3v) is 5.92. The molecule has 1 saturated heterocycles. The highest BCUT2D eigenvalue weighted by molar-refractivity contribution is 7.15. The van der Waals surface area contributed by atoms with E-state index in [0.29, 0.717) is 19.6 Å². The molecule has 1 fully saturated rings. The van der Waals surface area contributed by atoms with Crippen LogP contribution in [0.1, 0.15) is 10.6 Å². The van der Waals surface area contributed by atoms with E-state index in [9.17, 15) is 4.79 Å². The van der Waals surface area contributed by atoms with Crippen molar-refractivity contribution in [2.45, 2.75) is 13.5 Å². The lowest BCUT2D eigenvalue weighted by Crippen LogP contribution is -2.52. The molecular formula is C20H22N6OS. The highest BCUT2D eigenvalue weighted by atomic mass is 32.1. The molecule has 0 atom stereocenters. The lowest BCUT2D eigenvalue weighted by Gasteiger charge is -2.34. The van der Waals surface area contributed by atoms with Gasteiger partial charge >= 0.3 is 6.03 Å². The number of anilines is 1. The van der Waals surface area contributed by atoms with Gasteiger partial charge in [0.05, 0.1) is 12.2 Å². The standard InChI is InChI=1S/C20H22N6OS/c1-15-17(28-18(24-15)16-6-3-2-4-7-16)14-23-20(27)26-12-10-25(11-13-26)19-21-8-5-9-22-19/h2-9H,10-14H2,1H3,(H,23,27). The first-order valence-electron chi connectivity index (χ1n) is 9.27. The molecule has 1 aliphatic heterocycles. The lowest BCUT2D eigenvalue weighted by atomic mass is 10.2. The van der Waals surface area contributed by atoms with E-state index in [1.165, 1.54) is 0 Å².